The Morgan fingerprint density at radius 2 is 2.35 bits per heavy atom. The van der Waals surface area contributed by atoms with E-state index in [1.807, 2.05) is 6.08 Å². The van der Waals surface area contributed by atoms with E-state index in [1.54, 1.807) is 30.3 Å². The van der Waals surface area contributed by atoms with Gasteiger partial charge in [-0.3, -0.25) is 4.79 Å². The number of aliphatic hydroxyl groups is 1. The molecule has 4 nitrogen and oxygen atoms in total. The van der Waals surface area contributed by atoms with Crippen molar-refractivity contribution in [2.45, 2.75) is 32.0 Å². The molecular formula is C18H21ClO4. The van der Waals surface area contributed by atoms with Gasteiger partial charge >= 0.3 is 5.97 Å². The van der Waals surface area contributed by atoms with Crippen molar-refractivity contribution in [2.24, 2.45) is 17.8 Å². The fourth-order valence-corrected chi connectivity index (χ4v) is 3.74. The Hall–Kier alpha value is -1.52. The van der Waals surface area contributed by atoms with Crippen LogP contribution in [0.15, 0.2) is 36.4 Å². The molecule has 5 heteroatoms. The topological polar surface area (TPSA) is 55.8 Å². The zero-order valence-corrected chi connectivity index (χ0v) is 13.8. The number of benzene rings is 1. The van der Waals surface area contributed by atoms with Crippen LogP contribution >= 0.6 is 11.6 Å². The molecule has 1 N–H and O–H groups in total. The quantitative estimate of drug-likeness (QED) is 0.662. The van der Waals surface area contributed by atoms with Crippen LogP contribution in [0.2, 0.25) is 5.02 Å². The van der Waals surface area contributed by atoms with Crippen LogP contribution in [0.1, 0.15) is 19.8 Å². The van der Waals surface area contributed by atoms with E-state index in [4.69, 9.17) is 21.1 Å². The molecule has 2 fully saturated rings. The summed E-state index contributed by atoms with van der Waals surface area (Å²) in [5, 5.41) is 10.7. The molecule has 3 rings (SSSR count). The van der Waals surface area contributed by atoms with Crippen molar-refractivity contribution in [2.75, 3.05) is 6.61 Å². The van der Waals surface area contributed by atoms with Crippen molar-refractivity contribution in [1.29, 1.82) is 0 Å². The minimum absolute atomic E-state index is 0.0482. The highest BCUT2D eigenvalue weighted by Gasteiger charge is 2.47. The van der Waals surface area contributed by atoms with Gasteiger partial charge < -0.3 is 14.6 Å². The lowest BCUT2D eigenvalue weighted by atomic mass is 9.88. The Balaban J connectivity index is 1.53. The van der Waals surface area contributed by atoms with Crippen LogP contribution in [0.5, 0.6) is 5.75 Å². The normalized spacial score (nSPS) is 31.2. The number of allylic oxidation sites excluding steroid dienone is 1. The Labute approximate surface area is 141 Å². The van der Waals surface area contributed by atoms with E-state index in [9.17, 15) is 9.90 Å². The molecule has 0 amide bonds. The second kappa shape index (κ2) is 6.93. The number of hydrogen-bond acceptors (Lipinski definition) is 4. The fraction of sp³-hybridized carbons (Fsp3) is 0.500. The van der Waals surface area contributed by atoms with Gasteiger partial charge in [0.1, 0.15) is 24.6 Å². The van der Waals surface area contributed by atoms with Gasteiger partial charge in [-0.25, -0.2) is 0 Å². The highest BCUT2D eigenvalue weighted by Crippen LogP contribution is 2.45. The number of halogens is 1. The van der Waals surface area contributed by atoms with Gasteiger partial charge in [0.2, 0.25) is 0 Å². The Morgan fingerprint density at radius 1 is 1.52 bits per heavy atom. The SMILES string of the molecule is CC1CC2OC(=O)CC2C1/C=C/C(O)COc1cccc(Cl)c1. The molecule has 2 aliphatic rings. The van der Waals surface area contributed by atoms with Crippen molar-refractivity contribution < 1.29 is 19.4 Å². The molecule has 1 aliphatic heterocycles. The maximum Gasteiger partial charge on any atom is 0.306 e. The molecule has 23 heavy (non-hydrogen) atoms. The monoisotopic (exact) mass is 336 g/mol. The van der Waals surface area contributed by atoms with Gasteiger partial charge in [-0.1, -0.05) is 36.7 Å². The molecule has 1 aromatic rings. The molecule has 0 bridgehead atoms. The van der Waals surface area contributed by atoms with Gasteiger partial charge in [0.25, 0.3) is 0 Å². The Morgan fingerprint density at radius 3 is 3.13 bits per heavy atom. The van der Waals surface area contributed by atoms with Crippen molar-refractivity contribution in [3.8, 4) is 5.75 Å². The number of ether oxygens (including phenoxy) is 2. The van der Waals surface area contributed by atoms with E-state index in [0.29, 0.717) is 23.1 Å². The highest BCUT2D eigenvalue weighted by molar-refractivity contribution is 6.30. The third-order valence-electron chi connectivity index (χ3n) is 4.69. The standard InChI is InChI=1S/C18H21ClO4/c1-11-7-17-16(9-18(21)23-17)15(11)6-5-13(20)10-22-14-4-2-3-12(19)8-14/h2-6,8,11,13,15-17,20H,7,9-10H2,1H3/b6-5+. The summed E-state index contributed by atoms with van der Waals surface area (Å²) in [6, 6.07) is 7.08. The molecule has 5 unspecified atom stereocenters. The first-order chi connectivity index (χ1) is 11.0. The predicted molar refractivity (Wildman–Crippen MR) is 87.4 cm³/mol. The number of esters is 1. The average molecular weight is 337 g/mol. The first-order valence-corrected chi connectivity index (χ1v) is 8.35. The van der Waals surface area contributed by atoms with Crippen molar-refractivity contribution in [3.63, 3.8) is 0 Å². The van der Waals surface area contributed by atoms with Crippen LogP contribution in [0, 0.1) is 17.8 Å². The van der Waals surface area contributed by atoms with Crippen LogP contribution in [0.4, 0.5) is 0 Å². The van der Waals surface area contributed by atoms with E-state index in [0.717, 1.165) is 6.42 Å². The van der Waals surface area contributed by atoms with E-state index in [2.05, 4.69) is 6.92 Å². The maximum atomic E-state index is 11.4. The van der Waals surface area contributed by atoms with Gasteiger partial charge in [-0.05, 0) is 36.5 Å². The van der Waals surface area contributed by atoms with Gasteiger partial charge in [-0.15, -0.1) is 0 Å². The smallest absolute Gasteiger partial charge is 0.306 e. The fourth-order valence-electron chi connectivity index (χ4n) is 3.56. The summed E-state index contributed by atoms with van der Waals surface area (Å²) in [6.45, 7) is 2.33. The molecule has 0 aromatic heterocycles. The summed E-state index contributed by atoms with van der Waals surface area (Å²) in [5.74, 6) is 1.50. The molecule has 1 saturated heterocycles. The van der Waals surface area contributed by atoms with Crippen LogP contribution in [0.25, 0.3) is 0 Å². The summed E-state index contributed by atoms with van der Waals surface area (Å²) in [6.07, 6.45) is 4.52. The van der Waals surface area contributed by atoms with Crippen molar-refractivity contribution in [3.05, 3.63) is 41.4 Å². The van der Waals surface area contributed by atoms with Gasteiger partial charge in [0, 0.05) is 10.9 Å². The summed E-state index contributed by atoms with van der Waals surface area (Å²) in [4.78, 5) is 11.4. The Kier molecular flexibility index (Phi) is 4.93. The number of hydrogen-bond donors (Lipinski definition) is 1. The predicted octanol–water partition coefficient (Wildman–Crippen LogP) is 3.22. The Bertz CT molecular complexity index is 600. The van der Waals surface area contributed by atoms with Crippen LogP contribution < -0.4 is 4.74 Å². The lowest BCUT2D eigenvalue weighted by Gasteiger charge is -2.16. The molecule has 1 saturated carbocycles. The zero-order chi connectivity index (χ0) is 16.4. The molecule has 0 spiro atoms. The lowest BCUT2D eigenvalue weighted by molar-refractivity contribution is -0.141. The molecular weight excluding hydrogens is 316 g/mol. The van der Waals surface area contributed by atoms with E-state index in [-0.39, 0.29) is 30.5 Å². The van der Waals surface area contributed by atoms with Crippen molar-refractivity contribution in [1.82, 2.24) is 0 Å². The second-order valence-electron chi connectivity index (χ2n) is 6.41. The minimum atomic E-state index is -0.696. The number of aliphatic hydroxyl groups excluding tert-OH is 1. The number of rotatable bonds is 5. The van der Waals surface area contributed by atoms with Gasteiger partial charge in [-0.2, -0.15) is 0 Å². The summed E-state index contributed by atoms with van der Waals surface area (Å²) in [5.41, 5.74) is 0. The molecule has 1 aromatic carbocycles. The molecule has 5 atom stereocenters. The second-order valence-corrected chi connectivity index (χ2v) is 6.84. The zero-order valence-electron chi connectivity index (χ0n) is 13.0. The van der Waals surface area contributed by atoms with Gasteiger partial charge in [0.15, 0.2) is 0 Å². The molecule has 124 valence electrons. The summed E-state index contributed by atoms with van der Waals surface area (Å²) >= 11 is 5.89. The molecule has 1 aliphatic carbocycles. The highest BCUT2D eigenvalue weighted by atomic mass is 35.5. The van der Waals surface area contributed by atoms with E-state index < -0.39 is 6.10 Å². The van der Waals surface area contributed by atoms with Gasteiger partial charge in [0.05, 0.1) is 6.42 Å². The summed E-state index contributed by atoms with van der Waals surface area (Å²) < 4.78 is 10.9. The number of carbonyl (C=O) groups excluding carboxylic acids is 1. The molecule has 0 radical (unpaired) electrons. The maximum absolute atomic E-state index is 11.4. The first kappa shape index (κ1) is 16.3. The third kappa shape index (κ3) is 3.88. The van der Waals surface area contributed by atoms with Crippen LogP contribution in [-0.2, 0) is 9.53 Å². The lowest BCUT2D eigenvalue weighted by Crippen LogP contribution is -2.17. The third-order valence-corrected chi connectivity index (χ3v) is 4.93. The largest absolute Gasteiger partial charge is 0.491 e. The number of carbonyl (C=O) groups is 1. The number of fused-ring (bicyclic) bond motifs is 1. The summed E-state index contributed by atoms with van der Waals surface area (Å²) in [7, 11) is 0. The van der Waals surface area contributed by atoms with Crippen LogP contribution in [0.3, 0.4) is 0 Å². The first-order valence-electron chi connectivity index (χ1n) is 7.97. The van der Waals surface area contributed by atoms with Crippen molar-refractivity contribution >= 4 is 17.6 Å². The van der Waals surface area contributed by atoms with E-state index >= 15 is 0 Å². The average Bonchev–Trinajstić information content (AvgIpc) is 2.98. The van der Waals surface area contributed by atoms with Crippen LogP contribution in [-0.4, -0.2) is 29.9 Å². The minimum Gasteiger partial charge on any atom is -0.491 e. The molecule has 1 heterocycles. The van der Waals surface area contributed by atoms with E-state index in [1.165, 1.54) is 0 Å².